The third kappa shape index (κ3) is 6.13. The van der Waals surface area contributed by atoms with Crippen LogP contribution in [-0.4, -0.2) is 55.2 Å². The lowest BCUT2D eigenvalue weighted by molar-refractivity contribution is 0.0203. The zero-order valence-corrected chi connectivity index (χ0v) is 20.7. The van der Waals surface area contributed by atoms with Crippen LogP contribution in [-0.2, 0) is 15.3 Å². The number of H-pyrrole nitrogens is 1. The van der Waals surface area contributed by atoms with Crippen LogP contribution < -0.4 is 11.4 Å². The lowest BCUT2D eigenvalue weighted by atomic mass is 9.93. The molecule has 0 unspecified atom stereocenters. The standard InChI is InChI=1S/C23H29N7O4S/c1-23(2,3)33-22(32)29-9-6-16(7-10-29)17-12-19(31)27-21-18(14-26-30(17)21)35-34-20(28-24)11-15-5-4-8-25-13-15/h4-5,8,12-14,16H,6-7,9-11,24H2,1-3H3,(H,27,31)/b28-20-. The van der Waals surface area contributed by atoms with E-state index in [1.54, 1.807) is 34.1 Å². The van der Waals surface area contributed by atoms with Gasteiger partial charge in [-0.2, -0.15) is 5.10 Å². The highest BCUT2D eigenvalue weighted by Crippen LogP contribution is 2.30. The van der Waals surface area contributed by atoms with Crippen molar-refractivity contribution in [1.29, 1.82) is 0 Å². The highest BCUT2D eigenvalue weighted by molar-refractivity contribution is 7.95. The molecule has 186 valence electrons. The first-order chi connectivity index (χ1) is 16.7. The maximum Gasteiger partial charge on any atom is 0.410 e. The van der Waals surface area contributed by atoms with Gasteiger partial charge in [-0.1, -0.05) is 6.07 Å². The van der Waals surface area contributed by atoms with Crippen LogP contribution in [0.3, 0.4) is 0 Å². The number of hydrogen-bond acceptors (Lipinski definition) is 9. The van der Waals surface area contributed by atoms with Crippen LogP contribution in [0.2, 0.25) is 0 Å². The zero-order valence-electron chi connectivity index (χ0n) is 19.9. The number of carbonyl (C=O) groups excluding carboxylic acids is 1. The van der Waals surface area contributed by atoms with Gasteiger partial charge in [0.05, 0.1) is 30.4 Å². The molecule has 1 aliphatic heterocycles. The van der Waals surface area contributed by atoms with E-state index in [1.807, 2.05) is 32.9 Å². The molecule has 1 saturated heterocycles. The highest BCUT2D eigenvalue weighted by atomic mass is 32.2. The number of hydrazone groups is 1. The Labute approximate surface area is 206 Å². The Hall–Kier alpha value is -3.54. The van der Waals surface area contributed by atoms with Gasteiger partial charge in [0.25, 0.3) is 5.56 Å². The maximum absolute atomic E-state index is 12.5. The average molecular weight is 500 g/mol. The van der Waals surface area contributed by atoms with E-state index in [0.717, 1.165) is 23.3 Å². The average Bonchev–Trinajstić information content (AvgIpc) is 3.23. The van der Waals surface area contributed by atoms with Gasteiger partial charge in [0.1, 0.15) is 10.5 Å². The van der Waals surface area contributed by atoms with E-state index >= 15 is 0 Å². The number of pyridine rings is 1. The van der Waals surface area contributed by atoms with E-state index in [9.17, 15) is 9.59 Å². The highest BCUT2D eigenvalue weighted by Gasteiger charge is 2.29. The van der Waals surface area contributed by atoms with Gasteiger partial charge in [0.15, 0.2) is 5.65 Å². The number of nitrogens with two attached hydrogens (primary N) is 1. The lowest BCUT2D eigenvalue weighted by Crippen LogP contribution is -2.41. The van der Waals surface area contributed by atoms with Crippen LogP contribution in [0.4, 0.5) is 4.79 Å². The van der Waals surface area contributed by atoms with Crippen LogP contribution in [0, 0.1) is 0 Å². The molecular formula is C23H29N7O4S. The summed E-state index contributed by atoms with van der Waals surface area (Å²) >= 11 is 1.03. The summed E-state index contributed by atoms with van der Waals surface area (Å²) in [6, 6.07) is 5.30. The van der Waals surface area contributed by atoms with E-state index in [4.69, 9.17) is 14.8 Å². The van der Waals surface area contributed by atoms with E-state index < -0.39 is 5.60 Å². The number of aromatic amines is 1. The third-order valence-electron chi connectivity index (χ3n) is 5.52. The molecule has 11 nitrogen and oxygen atoms in total. The Kier molecular flexibility index (Phi) is 7.29. The number of carbonyl (C=O) groups is 1. The second kappa shape index (κ2) is 10.4. The van der Waals surface area contributed by atoms with Crippen molar-refractivity contribution >= 4 is 29.7 Å². The number of fused-ring (bicyclic) bond motifs is 1. The number of ether oxygens (including phenoxy) is 1. The van der Waals surface area contributed by atoms with Crippen molar-refractivity contribution in [3.8, 4) is 0 Å². The second-order valence-electron chi connectivity index (χ2n) is 9.30. The molecule has 1 aliphatic rings. The fraction of sp³-hybridized carbons (Fsp3) is 0.435. The van der Waals surface area contributed by atoms with E-state index in [-0.39, 0.29) is 17.6 Å². The number of amides is 1. The first-order valence-corrected chi connectivity index (χ1v) is 12.1. The number of hydrogen-bond donors (Lipinski definition) is 2. The predicted octanol–water partition coefficient (Wildman–Crippen LogP) is 3.07. The van der Waals surface area contributed by atoms with Gasteiger partial charge in [-0.15, -0.1) is 5.10 Å². The van der Waals surface area contributed by atoms with Gasteiger partial charge in [-0.3, -0.25) is 9.78 Å². The van der Waals surface area contributed by atoms with Crippen LogP contribution in [0.1, 0.15) is 50.8 Å². The van der Waals surface area contributed by atoms with Gasteiger partial charge >= 0.3 is 6.09 Å². The summed E-state index contributed by atoms with van der Waals surface area (Å²) in [5, 5.41) is 8.20. The minimum Gasteiger partial charge on any atom is -0.444 e. The number of nitrogens with one attached hydrogen (secondary N) is 1. The van der Waals surface area contributed by atoms with Gasteiger partial charge in [-0.25, -0.2) is 9.31 Å². The Morgan fingerprint density at radius 1 is 1.31 bits per heavy atom. The Morgan fingerprint density at radius 3 is 2.74 bits per heavy atom. The summed E-state index contributed by atoms with van der Waals surface area (Å²) in [4.78, 5) is 34.1. The van der Waals surface area contributed by atoms with Crippen molar-refractivity contribution in [2.24, 2.45) is 10.9 Å². The van der Waals surface area contributed by atoms with Crippen molar-refractivity contribution in [3.63, 3.8) is 0 Å². The van der Waals surface area contributed by atoms with Crippen molar-refractivity contribution in [1.82, 2.24) is 24.5 Å². The van der Waals surface area contributed by atoms with E-state index in [2.05, 4.69) is 20.2 Å². The topological polar surface area (TPSA) is 140 Å². The molecular weight excluding hydrogens is 470 g/mol. The molecule has 3 aromatic rings. The van der Waals surface area contributed by atoms with Crippen LogP contribution in [0.5, 0.6) is 0 Å². The molecule has 4 rings (SSSR count). The molecule has 0 spiro atoms. The number of likely N-dealkylation sites (tertiary alicyclic amines) is 1. The lowest BCUT2D eigenvalue weighted by Gasteiger charge is -2.33. The third-order valence-corrected chi connectivity index (χ3v) is 6.27. The number of aromatic nitrogens is 4. The number of rotatable bonds is 5. The van der Waals surface area contributed by atoms with Crippen molar-refractivity contribution < 1.29 is 13.7 Å². The Balaban J connectivity index is 1.45. The molecule has 1 amide bonds. The maximum atomic E-state index is 12.5. The molecule has 1 fully saturated rings. The summed E-state index contributed by atoms with van der Waals surface area (Å²) < 4.78 is 12.9. The molecule has 0 radical (unpaired) electrons. The summed E-state index contributed by atoms with van der Waals surface area (Å²) in [7, 11) is 0. The van der Waals surface area contributed by atoms with Crippen molar-refractivity contribution in [2.75, 3.05) is 13.1 Å². The second-order valence-corrected chi connectivity index (χ2v) is 10.1. The number of piperidine rings is 1. The van der Waals surface area contributed by atoms with Gasteiger partial charge in [0, 0.05) is 37.5 Å². The fourth-order valence-electron chi connectivity index (χ4n) is 3.89. The van der Waals surface area contributed by atoms with E-state index in [0.29, 0.717) is 48.8 Å². The van der Waals surface area contributed by atoms with Gasteiger partial charge in [0.2, 0.25) is 5.90 Å². The fourth-order valence-corrected chi connectivity index (χ4v) is 4.49. The smallest absolute Gasteiger partial charge is 0.410 e. The molecule has 0 saturated carbocycles. The van der Waals surface area contributed by atoms with Crippen LogP contribution in [0.25, 0.3) is 5.65 Å². The molecule has 0 aliphatic carbocycles. The molecule has 4 heterocycles. The Morgan fingerprint density at radius 2 is 2.09 bits per heavy atom. The van der Waals surface area contributed by atoms with Crippen LogP contribution >= 0.6 is 12.0 Å². The van der Waals surface area contributed by atoms with E-state index in [1.165, 1.54) is 0 Å². The first-order valence-electron chi connectivity index (χ1n) is 11.3. The predicted molar refractivity (Wildman–Crippen MR) is 132 cm³/mol. The SMILES string of the molecule is CC(C)(C)OC(=O)N1CCC(c2cc(=O)[nH]c3c(SO/C(Cc4cccnc4)=N\N)cnn23)CC1. The summed E-state index contributed by atoms with van der Waals surface area (Å²) in [6.45, 7) is 6.64. The molecule has 3 N–H and O–H groups in total. The van der Waals surface area contributed by atoms with Crippen molar-refractivity contribution in [2.45, 2.75) is 56.4 Å². The minimum absolute atomic E-state index is 0.0731. The molecule has 0 aromatic carbocycles. The molecule has 35 heavy (non-hydrogen) atoms. The summed E-state index contributed by atoms with van der Waals surface area (Å²) in [5.41, 5.74) is 1.47. The van der Waals surface area contributed by atoms with Gasteiger partial charge in [-0.05, 0) is 45.2 Å². The zero-order chi connectivity index (χ0) is 25.0. The normalized spacial score (nSPS) is 15.4. The first kappa shape index (κ1) is 24.6. The Bertz CT molecular complexity index is 1260. The van der Waals surface area contributed by atoms with Gasteiger partial charge < -0.3 is 24.6 Å². The molecule has 0 atom stereocenters. The molecule has 3 aromatic heterocycles. The minimum atomic E-state index is -0.537. The largest absolute Gasteiger partial charge is 0.444 e. The monoisotopic (exact) mass is 499 g/mol. The summed E-state index contributed by atoms with van der Waals surface area (Å²) in [5.74, 6) is 5.89. The molecule has 12 heteroatoms. The number of nitrogens with zero attached hydrogens (tertiary/aromatic N) is 5. The summed E-state index contributed by atoms with van der Waals surface area (Å²) in [6.07, 6.45) is 6.50. The quantitative estimate of drug-likeness (QED) is 0.179. The van der Waals surface area contributed by atoms with Crippen molar-refractivity contribution in [3.05, 3.63) is 58.4 Å². The molecule has 0 bridgehead atoms. The van der Waals surface area contributed by atoms with Crippen LogP contribution in [0.15, 0.2) is 51.6 Å².